The fourth-order valence-corrected chi connectivity index (χ4v) is 11.4. The maximum absolute atomic E-state index is 15.9. The molecule has 17 heteroatoms. The number of primary amides is 1. The highest BCUT2D eigenvalue weighted by Gasteiger charge is 2.68. The second-order valence-corrected chi connectivity index (χ2v) is 18.5. The number of benzene rings is 2. The topological polar surface area (TPSA) is 186 Å². The minimum atomic E-state index is -1.24. The van der Waals surface area contributed by atoms with E-state index >= 15 is 4.39 Å². The Kier molecular flexibility index (Phi) is 9.43. The average molecular weight is 838 g/mol. The summed E-state index contributed by atoms with van der Waals surface area (Å²) in [5.41, 5.74) is 4.40. The number of nitriles is 1. The Labute approximate surface area is 351 Å². The quantitative estimate of drug-likeness (QED) is 0.309. The number of piperidine rings is 2. The zero-order valence-corrected chi connectivity index (χ0v) is 34.5. The van der Waals surface area contributed by atoms with E-state index in [0.29, 0.717) is 55.2 Å². The molecule has 0 radical (unpaired) electrons. The molecular weight excluding hydrogens is 793 g/mol. The van der Waals surface area contributed by atoms with Gasteiger partial charge in [0.1, 0.15) is 41.3 Å². The largest absolute Gasteiger partial charge is 0.489 e. The molecule has 0 spiro atoms. The van der Waals surface area contributed by atoms with Crippen LogP contribution in [0.4, 0.5) is 15.9 Å². The van der Waals surface area contributed by atoms with Gasteiger partial charge in [0.15, 0.2) is 0 Å². The van der Waals surface area contributed by atoms with Gasteiger partial charge in [-0.3, -0.25) is 38.7 Å². The first-order valence-corrected chi connectivity index (χ1v) is 20.7. The summed E-state index contributed by atoms with van der Waals surface area (Å²) in [7, 11) is 0. The number of halogens is 2. The lowest BCUT2D eigenvalue weighted by molar-refractivity contribution is -0.216. The molecule has 5 heterocycles. The number of fused-ring (bicyclic) bond motifs is 2. The number of ether oxygens (including phenoxy) is 1. The van der Waals surface area contributed by atoms with Crippen molar-refractivity contribution in [2.75, 3.05) is 55.6 Å². The maximum atomic E-state index is 15.9. The third-order valence-corrected chi connectivity index (χ3v) is 14.1. The van der Waals surface area contributed by atoms with E-state index in [9.17, 15) is 29.2 Å². The van der Waals surface area contributed by atoms with Crippen LogP contribution in [0.1, 0.15) is 77.3 Å². The number of anilines is 2. The summed E-state index contributed by atoms with van der Waals surface area (Å²) >= 11 is 6.26. The van der Waals surface area contributed by atoms with Crippen LogP contribution in [-0.4, -0.2) is 118 Å². The maximum Gasteiger partial charge on any atom is 0.268 e. The Morgan fingerprint density at radius 3 is 2.20 bits per heavy atom. The van der Waals surface area contributed by atoms with Crippen molar-refractivity contribution in [3.63, 3.8) is 0 Å². The van der Waals surface area contributed by atoms with E-state index in [1.165, 1.54) is 17.2 Å². The zero-order valence-electron chi connectivity index (χ0n) is 33.7. The number of hydrogen-bond acceptors (Lipinski definition) is 12. The van der Waals surface area contributed by atoms with Gasteiger partial charge < -0.3 is 20.3 Å². The third-order valence-electron chi connectivity index (χ3n) is 13.8. The summed E-state index contributed by atoms with van der Waals surface area (Å²) < 4.78 is 22.2. The number of carbonyl (C=O) groups excluding carboxylic acids is 5. The molecule has 2 aromatic carbocycles. The number of piperazine rings is 1. The van der Waals surface area contributed by atoms with Crippen LogP contribution in [0.2, 0.25) is 5.02 Å². The minimum absolute atomic E-state index is 0.0347. The van der Waals surface area contributed by atoms with Crippen LogP contribution in [-0.2, 0) is 9.59 Å². The van der Waals surface area contributed by atoms with Gasteiger partial charge in [-0.25, -0.2) is 14.4 Å². The van der Waals surface area contributed by atoms with Crippen molar-refractivity contribution in [2.24, 2.45) is 34.3 Å². The second-order valence-electron chi connectivity index (χ2n) is 18.1. The first kappa shape index (κ1) is 39.8. The molecule has 2 aliphatic carbocycles. The van der Waals surface area contributed by atoms with Crippen molar-refractivity contribution >= 4 is 52.6 Å². The van der Waals surface area contributed by atoms with E-state index in [1.807, 2.05) is 38.7 Å². The number of amides is 5. The molecule has 2 saturated carbocycles. The number of hydrogen-bond donors (Lipinski definition) is 1. The van der Waals surface area contributed by atoms with Crippen LogP contribution in [0.5, 0.6) is 5.75 Å². The average Bonchev–Trinajstić information content (AvgIpc) is 3.51. The van der Waals surface area contributed by atoms with Crippen LogP contribution in [0.25, 0.3) is 0 Å². The van der Waals surface area contributed by atoms with Gasteiger partial charge in [-0.05, 0) is 48.4 Å². The van der Waals surface area contributed by atoms with Gasteiger partial charge in [-0.1, -0.05) is 39.3 Å². The molecule has 15 nitrogen and oxygen atoms in total. The predicted octanol–water partition coefficient (Wildman–Crippen LogP) is 3.74. The highest BCUT2D eigenvalue weighted by atomic mass is 35.5. The van der Waals surface area contributed by atoms with Crippen molar-refractivity contribution in [2.45, 2.75) is 58.7 Å². The minimum Gasteiger partial charge on any atom is -0.489 e. The van der Waals surface area contributed by atoms with Crippen LogP contribution in [0.3, 0.4) is 0 Å². The standard InChI is InChI=1S/C43H45ClFN9O6/c1-42(2)40(43(3,4)41(42)60-23-6-5-22(16-46)29(44)13-23)54-35(55)8-7-32(39(54)59)53-37(57)24-14-30(45)33(15-25(24)38(53)58)51-11-9-50(10-12-51)19-26-27-20-52(21-28(26)27)34-18-48-31(17-49-34)36(47)56/h5-6,13-15,17-18,26-28,32,40-41H,7-12,19-21H2,1-4H3,(H2,47,56)/t27-,28-,32-,40?,41?/m1/s1. The molecule has 312 valence electrons. The molecule has 5 amide bonds. The molecule has 0 bridgehead atoms. The summed E-state index contributed by atoms with van der Waals surface area (Å²) in [6.07, 6.45) is 2.43. The van der Waals surface area contributed by atoms with Gasteiger partial charge in [0, 0.05) is 69.1 Å². The summed E-state index contributed by atoms with van der Waals surface area (Å²) in [6.45, 7) is 12.7. The monoisotopic (exact) mass is 837 g/mol. The van der Waals surface area contributed by atoms with Crippen LogP contribution in [0, 0.1) is 45.7 Å². The molecule has 1 aromatic heterocycles. The van der Waals surface area contributed by atoms with Crippen molar-refractivity contribution < 1.29 is 33.1 Å². The zero-order chi connectivity index (χ0) is 42.6. The molecule has 60 heavy (non-hydrogen) atoms. The fourth-order valence-electron chi connectivity index (χ4n) is 11.2. The summed E-state index contributed by atoms with van der Waals surface area (Å²) in [6, 6.07) is 7.46. The number of carbonyl (C=O) groups is 5. The highest BCUT2D eigenvalue weighted by molar-refractivity contribution is 6.31. The van der Waals surface area contributed by atoms with Gasteiger partial charge in [-0.2, -0.15) is 5.26 Å². The lowest BCUT2D eigenvalue weighted by Crippen LogP contribution is -2.77. The van der Waals surface area contributed by atoms with Gasteiger partial charge in [-0.15, -0.1) is 0 Å². The van der Waals surface area contributed by atoms with Crippen molar-refractivity contribution in [1.82, 2.24) is 24.7 Å². The Bertz CT molecular complexity index is 2370. The second kappa shape index (κ2) is 14.2. The van der Waals surface area contributed by atoms with E-state index in [1.54, 1.807) is 24.4 Å². The molecule has 0 unspecified atom stereocenters. The van der Waals surface area contributed by atoms with Crippen LogP contribution >= 0.6 is 11.6 Å². The summed E-state index contributed by atoms with van der Waals surface area (Å²) in [5, 5.41) is 9.52. The van der Waals surface area contributed by atoms with E-state index in [-0.39, 0.29) is 40.4 Å². The van der Waals surface area contributed by atoms with E-state index in [0.717, 1.165) is 36.4 Å². The summed E-state index contributed by atoms with van der Waals surface area (Å²) in [4.78, 5) is 84.3. The first-order chi connectivity index (χ1) is 28.5. The number of imide groups is 2. The Balaban J connectivity index is 0.836. The highest BCUT2D eigenvalue weighted by Crippen LogP contribution is 2.59. The number of likely N-dealkylation sites (tertiary alicyclic amines) is 1. The number of nitrogens with two attached hydrogens (primary N) is 1. The van der Waals surface area contributed by atoms with E-state index in [2.05, 4.69) is 19.8 Å². The summed E-state index contributed by atoms with van der Waals surface area (Å²) in [5.74, 6) is -0.910. The van der Waals surface area contributed by atoms with Crippen molar-refractivity contribution in [3.05, 3.63) is 75.9 Å². The third kappa shape index (κ3) is 6.27. The molecule has 2 N–H and O–H groups in total. The molecule has 6 aliphatic rings. The Morgan fingerprint density at radius 2 is 1.60 bits per heavy atom. The SMILES string of the molecule is CC1(C)C(Oc2ccc(C#N)c(Cl)c2)C(C)(C)C1N1C(=O)CC[C@@H](N2C(=O)c3cc(F)c(N4CCN(CC5[C@H]6CN(c7cnc(C(N)=O)cn7)C[C@H]56)CC4)cc3C2=O)C1=O. The number of aromatic nitrogens is 2. The van der Waals surface area contributed by atoms with E-state index in [4.69, 9.17) is 22.1 Å². The molecule has 5 fully saturated rings. The number of rotatable bonds is 9. The molecule has 3 aromatic rings. The lowest BCUT2D eigenvalue weighted by atomic mass is 9.48. The molecule has 3 atom stereocenters. The smallest absolute Gasteiger partial charge is 0.268 e. The van der Waals surface area contributed by atoms with Gasteiger partial charge in [0.25, 0.3) is 23.6 Å². The molecular formula is C43H45ClFN9O6. The Morgan fingerprint density at radius 1 is 0.933 bits per heavy atom. The van der Waals surface area contributed by atoms with E-state index < -0.39 is 64.4 Å². The normalized spacial score (nSPS) is 28.0. The van der Waals surface area contributed by atoms with Crippen LogP contribution in [0.15, 0.2) is 42.7 Å². The van der Waals surface area contributed by atoms with Crippen molar-refractivity contribution in [1.29, 1.82) is 5.26 Å². The molecule has 3 saturated heterocycles. The van der Waals surface area contributed by atoms with Crippen LogP contribution < -0.4 is 20.3 Å². The first-order valence-electron chi connectivity index (χ1n) is 20.3. The Hall–Kier alpha value is -5.66. The van der Waals surface area contributed by atoms with Gasteiger partial charge in [0.05, 0.1) is 45.8 Å². The fraction of sp³-hybridized carbons (Fsp3) is 0.488. The predicted molar refractivity (Wildman–Crippen MR) is 216 cm³/mol. The van der Waals surface area contributed by atoms with Gasteiger partial charge in [0.2, 0.25) is 5.91 Å². The molecule has 9 rings (SSSR count). The van der Waals surface area contributed by atoms with Gasteiger partial charge >= 0.3 is 0 Å². The number of nitrogens with zero attached hydrogens (tertiary/aromatic N) is 8. The lowest BCUT2D eigenvalue weighted by Gasteiger charge is -2.65. The van der Waals surface area contributed by atoms with Crippen molar-refractivity contribution in [3.8, 4) is 11.8 Å². The molecule has 4 aliphatic heterocycles.